The van der Waals surface area contributed by atoms with Gasteiger partial charge in [0, 0.05) is 9.65 Å². The van der Waals surface area contributed by atoms with E-state index >= 15 is 0 Å². The van der Waals surface area contributed by atoms with Crippen LogP contribution in [-0.2, 0) is 0 Å². The molecule has 4 saturated carbocycles. The highest BCUT2D eigenvalue weighted by Gasteiger charge is 2.70. The molecule has 0 radical (unpaired) electrons. The van der Waals surface area contributed by atoms with Crippen LogP contribution in [-0.4, -0.2) is 19.4 Å². The van der Waals surface area contributed by atoms with Crippen LogP contribution in [0.15, 0.2) is 10.1 Å². The summed E-state index contributed by atoms with van der Waals surface area (Å²) in [7, 11) is 0. The van der Waals surface area contributed by atoms with E-state index < -0.39 is 9.75 Å². The largest absolute Gasteiger partial charge is 0.113 e. The van der Waals surface area contributed by atoms with Crippen molar-refractivity contribution in [1.82, 2.24) is 0 Å². The van der Waals surface area contributed by atoms with E-state index in [9.17, 15) is 0 Å². The van der Waals surface area contributed by atoms with Crippen LogP contribution in [0.5, 0.6) is 0 Å². The third-order valence-electron chi connectivity index (χ3n) is 6.10. The Morgan fingerprint density at radius 3 is 1.50 bits per heavy atom. The number of hydrogen-bond acceptors (Lipinski definition) is 0. The number of rotatable bonds is 0. The molecule has 0 saturated heterocycles. The SMILES string of the molecule is ClC1=C(Cl)[C@@]2(Cl)CC[C@]1(Cl)[C@H]1[C@@H]3CC[C@@H]([C@@H](Br)[C@H]3Br)[C@H]12. The van der Waals surface area contributed by atoms with Crippen LogP contribution < -0.4 is 0 Å². The summed E-state index contributed by atoms with van der Waals surface area (Å²) in [6.07, 6.45) is 4.08. The van der Waals surface area contributed by atoms with E-state index in [4.69, 9.17) is 46.4 Å². The first-order valence-electron chi connectivity index (χ1n) is 7.04. The van der Waals surface area contributed by atoms with E-state index in [1.54, 1.807) is 0 Å². The average Bonchev–Trinajstić information content (AvgIpc) is 2.44. The van der Waals surface area contributed by atoms with E-state index in [0.717, 1.165) is 12.8 Å². The van der Waals surface area contributed by atoms with E-state index in [-0.39, 0.29) is 0 Å². The molecule has 0 aromatic heterocycles. The van der Waals surface area contributed by atoms with E-state index in [2.05, 4.69) is 31.9 Å². The molecule has 4 bridgehead atoms. The van der Waals surface area contributed by atoms with Crippen molar-refractivity contribution in [3.05, 3.63) is 10.1 Å². The molecule has 0 heterocycles. The first-order valence-corrected chi connectivity index (χ1v) is 10.4. The maximum Gasteiger partial charge on any atom is 0.0848 e. The molecule has 0 spiro atoms. The van der Waals surface area contributed by atoms with Crippen LogP contribution in [0.25, 0.3) is 0 Å². The Labute approximate surface area is 156 Å². The van der Waals surface area contributed by atoms with Crippen molar-refractivity contribution in [3.63, 3.8) is 0 Å². The lowest BCUT2D eigenvalue weighted by Gasteiger charge is -2.67. The van der Waals surface area contributed by atoms with Crippen molar-refractivity contribution in [2.24, 2.45) is 23.7 Å². The minimum absolute atomic E-state index is 0.336. The number of hydrogen-bond donors (Lipinski definition) is 0. The Morgan fingerprint density at radius 1 is 0.800 bits per heavy atom. The highest BCUT2D eigenvalue weighted by molar-refractivity contribution is 9.12. The molecular formula is C14H14Br2Cl4. The van der Waals surface area contributed by atoms with Crippen molar-refractivity contribution in [3.8, 4) is 0 Å². The van der Waals surface area contributed by atoms with Gasteiger partial charge < -0.3 is 0 Å². The van der Waals surface area contributed by atoms with Gasteiger partial charge in [0.05, 0.1) is 19.8 Å². The molecule has 0 N–H and O–H groups in total. The van der Waals surface area contributed by atoms with E-state index in [1.807, 2.05) is 0 Å². The molecule has 6 aliphatic rings. The van der Waals surface area contributed by atoms with Crippen molar-refractivity contribution < 1.29 is 0 Å². The van der Waals surface area contributed by atoms with Crippen LogP contribution in [0.3, 0.4) is 0 Å². The Kier molecular flexibility index (Phi) is 3.61. The Morgan fingerprint density at radius 2 is 1.15 bits per heavy atom. The van der Waals surface area contributed by atoms with Crippen molar-refractivity contribution in [1.29, 1.82) is 0 Å². The molecule has 0 unspecified atom stereocenters. The number of allylic oxidation sites excluding steroid dienone is 2. The Balaban J connectivity index is 1.92. The van der Waals surface area contributed by atoms with Gasteiger partial charge in [-0.05, 0) is 49.4 Å². The standard InChI is InChI=1S/C14H14Br2Cl4/c15-9-5-1-2-6(10(9)16)8-7(5)13(19)3-4-14(8,20)12(18)11(13)17/h5-10H,1-4H2/t5-,6+,7-,8+,9-,10+,13-,14+. The lowest BCUT2D eigenvalue weighted by Crippen LogP contribution is -2.68. The van der Waals surface area contributed by atoms with Crippen LogP contribution >= 0.6 is 78.3 Å². The first-order chi connectivity index (χ1) is 9.32. The predicted molar refractivity (Wildman–Crippen MR) is 93.8 cm³/mol. The van der Waals surface area contributed by atoms with Crippen molar-refractivity contribution in [2.45, 2.75) is 45.1 Å². The predicted octanol–water partition coefficient (Wildman–Crippen LogP) is 6.24. The quantitative estimate of drug-likeness (QED) is 0.358. The van der Waals surface area contributed by atoms with Gasteiger partial charge in [0.2, 0.25) is 0 Å². The van der Waals surface area contributed by atoms with Gasteiger partial charge in [0.1, 0.15) is 0 Å². The smallest absolute Gasteiger partial charge is 0.0848 e. The van der Waals surface area contributed by atoms with E-state index in [0.29, 0.717) is 43.4 Å². The minimum Gasteiger partial charge on any atom is -0.113 e. The van der Waals surface area contributed by atoms with E-state index in [1.165, 1.54) is 12.8 Å². The average molecular weight is 484 g/mol. The third-order valence-corrected chi connectivity index (χ3v) is 11.9. The summed E-state index contributed by atoms with van der Waals surface area (Å²) < 4.78 is 0. The fraction of sp³-hybridized carbons (Fsp3) is 0.857. The Hall–Kier alpha value is 1.86. The van der Waals surface area contributed by atoms with Crippen molar-refractivity contribution in [2.75, 3.05) is 0 Å². The number of halogens is 6. The fourth-order valence-corrected chi connectivity index (χ4v) is 9.10. The monoisotopic (exact) mass is 480 g/mol. The topological polar surface area (TPSA) is 0 Å². The summed E-state index contributed by atoms with van der Waals surface area (Å²) in [5.41, 5.74) is 0. The molecule has 8 atom stereocenters. The van der Waals surface area contributed by atoms with Gasteiger partial charge in [-0.25, -0.2) is 0 Å². The Bertz CT molecular complexity index is 465. The number of fused-ring (bicyclic) bond motifs is 3. The molecular weight excluding hydrogens is 470 g/mol. The molecule has 0 aromatic rings. The summed E-state index contributed by atoms with van der Waals surface area (Å²) >= 11 is 34.9. The molecule has 20 heavy (non-hydrogen) atoms. The summed E-state index contributed by atoms with van der Waals surface area (Å²) in [6.45, 7) is 0. The lowest BCUT2D eigenvalue weighted by atomic mass is 9.46. The van der Waals surface area contributed by atoms with Crippen LogP contribution in [0.2, 0.25) is 0 Å². The molecule has 0 aromatic carbocycles. The highest BCUT2D eigenvalue weighted by atomic mass is 79.9. The maximum absolute atomic E-state index is 7.02. The summed E-state index contributed by atoms with van der Waals surface area (Å²) in [6, 6.07) is 0. The van der Waals surface area contributed by atoms with Crippen LogP contribution in [0.1, 0.15) is 25.7 Å². The zero-order chi connectivity index (χ0) is 14.4. The minimum atomic E-state index is -0.498. The molecule has 6 heteroatoms. The van der Waals surface area contributed by atoms with Crippen LogP contribution in [0, 0.1) is 23.7 Å². The van der Waals surface area contributed by atoms with Gasteiger partial charge in [-0.3, -0.25) is 0 Å². The van der Waals surface area contributed by atoms with Gasteiger partial charge in [-0.2, -0.15) is 0 Å². The zero-order valence-electron chi connectivity index (χ0n) is 10.6. The van der Waals surface area contributed by atoms with Crippen LogP contribution in [0.4, 0.5) is 0 Å². The first kappa shape index (κ1) is 15.4. The summed E-state index contributed by atoms with van der Waals surface area (Å²) in [5, 5.41) is 1.23. The van der Waals surface area contributed by atoms with Gasteiger partial charge >= 0.3 is 0 Å². The molecule has 0 amide bonds. The maximum atomic E-state index is 7.02. The normalized spacial score (nSPS) is 60.9. The summed E-state index contributed by atoms with van der Waals surface area (Å²) in [4.78, 5) is -0.104. The van der Waals surface area contributed by atoms with Gasteiger partial charge in [-0.15, -0.1) is 23.2 Å². The second kappa shape index (κ2) is 4.70. The molecule has 6 rings (SSSR count). The highest BCUT2D eigenvalue weighted by Crippen LogP contribution is 2.72. The van der Waals surface area contributed by atoms with Crippen molar-refractivity contribution >= 4 is 78.3 Å². The molecule has 0 aliphatic heterocycles. The lowest BCUT2D eigenvalue weighted by molar-refractivity contribution is -0.0308. The second-order valence-electron chi connectivity index (χ2n) is 6.70. The molecule has 0 nitrogen and oxygen atoms in total. The van der Waals surface area contributed by atoms with Gasteiger partial charge in [-0.1, -0.05) is 55.1 Å². The molecule has 4 fully saturated rings. The van der Waals surface area contributed by atoms with Gasteiger partial charge in [0.15, 0.2) is 0 Å². The third kappa shape index (κ3) is 1.63. The fourth-order valence-electron chi connectivity index (χ4n) is 5.29. The zero-order valence-corrected chi connectivity index (χ0v) is 16.8. The summed E-state index contributed by atoms with van der Waals surface area (Å²) in [5.74, 6) is 1.71. The second-order valence-corrected chi connectivity index (χ2v) is 10.9. The molecule has 6 aliphatic carbocycles. The number of alkyl halides is 4. The molecule has 112 valence electrons. The van der Waals surface area contributed by atoms with Gasteiger partial charge in [0.25, 0.3) is 0 Å².